The molecule has 4 nitrogen and oxygen atoms in total. The number of rotatable bonds is 2. The molecule has 2 aliphatic rings. The van der Waals surface area contributed by atoms with E-state index in [1.807, 2.05) is 10.9 Å². The number of carbonyl (C=O) groups is 1. The highest BCUT2D eigenvalue weighted by Gasteiger charge is 2.29. The van der Waals surface area contributed by atoms with E-state index in [0.717, 1.165) is 45.2 Å². The number of aryl methyl sites for hydroxylation is 1. The molecule has 1 amide bonds. The van der Waals surface area contributed by atoms with Crippen molar-refractivity contribution in [2.24, 2.45) is 5.92 Å². The standard InChI is InChI=1S/C16H23N3O/c1-13-10-17-19(11-13)15-8-5-9-18(12-15)16(20)14-6-3-2-4-7-14/h2-3,10-11,14-15H,4-9,12H2,1H3/t14-,15+/m1/s1. The minimum Gasteiger partial charge on any atom is -0.340 e. The van der Waals surface area contributed by atoms with Crippen LogP contribution in [0.25, 0.3) is 0 Å². The van der Waals surface area contributed by atoms with Gasteiger partial charge in [-0.05, 0) is 44.6 Å². The molecule has 2 atom stereocenters. The predicted octanol–water partition coefficient (Wildman–Crippen LogP) is 2.71. The van der Waals surface area contributed by atoms with Crippen molar-refractivity contribution >= 4 is 5.91 Å². The molecule has 0 unspecified atom stereocenters. The fourth-order valence-electron chi connectivity index (χ4n) is 3.28. The number of hydrogen-bond acceptors (Lipinski definition) is 2. The minimum absolute atomic E-state index is 0.207. The van der Waals surface area contributed by atoms with Gasteiger partial charge in [0.2, 0.25) is 5.91 Å². The molecule has 20 heavy (non-hydrogen) atoms. The van der Waals surface area contributed by atoms with E-state index < -0.39 is 0 Å². The van der Waals surface area contributed by atoms with Crippen LogP contribution in [0.1, 0.15) is 43.7 Å². The number of likely N-dealkylation sites (tertiary alicyclic amines) is 1. The molecule has 1 aliphatic carbocycles. The average Bonchev–Trinajstić information content (AvgIpc) is 2.94. The van der Waals surface area contributed by atoms with E-state index in [4.69, 9.17) is 0 Å². The van der Waals surface area contributed by atoms with Crippen LogP contribution >= 0.6 is 0 Å². The fraction of sp³-hybridized carbons (Fsp3) is 0.625. The van der Waals surface area contributed by atoms with Crippen LogP contribution in [0.4, 0.5) is 0 Å². The Labute approximate surface area is 120 Å². The van der Waals surface area contributed by atoms with Gasteiger partial charge in [0.1, 0.15) is 0 Å². The molecular weight excluding hydrogens is 250 g/mol. The second kappa shape index (κ2) is 5.81. The van der Waals surface area contributed by atoms with E-state index in [0.29, 0.717) is 11.9 Å². The molecule has 0 radical (unpaired) electrons. The summed E-state index contributed by atoms with van der Waals surface area (Å²) in [5.41, 5.74) is 1.19. The Morgan fingerprint density at radius 2 is 2.25 bits per heavy atom. The van der Waals surface area contributed by atoms with Crippen molar-refractivity contribution in [1.82, 2.24) is 14.7 Å². The summed E-state index contributed by atoms with van der Waals surface area (Å²) >= 11 is 0. The third kappa shape index (κ3) is 2.79. The monoisotopic (exact) mass is 273 g/mol. The molecular formula is C16H23N3O. The van der Waals surface area contributed by atoms with Gasteiger partial charge in [-0.1, -0.05) is 12.2 Å². The number of aromatic nitrogens is 2. The van der Waals surface area contributed by atoms with Gasteiger partial charge in [0.05, 0.1) is 12.2 Å². The summed E-state index contributed by atoms with van der Waals surface area (Å²) in [4.78, 5) is 14.7. The van der Waals surface area contributed by atoms with Crippen LogP contribution in [0, 0.1) is 12.8 Å². The maximum Gasteiger partial charge on any atom is 0.226 e. The van der Waals surface area contributed by atoms with E-state index in [1.165, 1.54) is 5.56 Å². The number of nitrogens with zero attached hydrogens (tertiary/aromatic N) is 3. The van der Waals surface area contributed by atoms with Gasteiger partial charge in [0, 0.05) is 25.2 Å². The van der Waals surface area contributed by atoms with Gasteiger partial charge in [-0.25, -0.2) is 0 Å². The fourth-order valence-corrected chi connectivity index (χ4v) is 3.28. The molecule has 108 valence electrons. The lowest BCUT2D eigenvalue weighted by molar-refractivity contribution is -0.137. The van der Waals surface area contributed by atoms with E-state index in [1.54, 1.807) is 0 Å². The first-order chi connectivity index (χ1) is 9.74. The van der Waals surface area contributed by atoms with E-state index in [2.05, 4.69) is 35.3 Å². The molecule has 0 saturated carbocycles. The van der Waals surface area contributed by atoms with Crippen molar-refractivity contribution in [3.05, 3.63) is 30.1 Å². The van der Waals surface area contributed by atoms with Crippen molar-refractivity contribution in [1.29, 1.82) is 0 Å². The Morgan fingerprint density at radius 1 is 1.35 bits per heavy atom. The lowest BCUT2D eigenvalue weighted by Gasteiger charge is -2.35. The Bertz CT molecular complexity index is 506. The summed E-state index contributed by atoms with van der Waals surface area (Å²) in [7, 11) is 0. The van der Waals surface area contributed by atoms with E-state index in [-0.39, 0.29) is 5.92 Å². The number of hydrogen-bond donors (Lipinski definition) is 0. The second-order valence-electron chi connectivity index (χ2n) is 6.06. The van der Waals surface area contributed by atoms with Gasteiger partial charge in [-0.2, -0.15) is 5.10 Å². The van der Waals surface area contributed by atoms with Gasteiger partial charge >= 0.3 is 0 Å². The SMILES string of the molecule is Cc1cnn([C@H]2CCCN(C(=O)[C@@H]3CC=CCC3)C2)c1. The molecule has 0 N–H and O–H groups in total. The van der Waals surface area contributed by atoms with Crippen LogP contribution in [0.5, 0.6) is 0 Å². The Balaban J connectivity index is 1.65. The average molecular weight is 273 g/mol. The Morgan fingerprint density at radius 3 is 2.95 bits per heavy atom. The molecule has 0 aromatic carbocycles. The summed E-state index contributed by atoms with van der Waals surface area (Å²) < 4.78 is 2.04. The molecule has 3 rings (SSSR count). The first-order valence-electron chi connectivity index (χ1n) is 7.68. The van der Waals surface area contributed by atoms with Crippen molar-refractivity contribution in [2.45, 2.75) is 45.1 Å². The molecule has 1 aromatic heterocycles. The minimum atomic E-state index is 0.207. The topological polar surface area (TPSA) is 38.1 Å². The molecule has 1 fully saturated rings. The molecule has 2 heterocycles. The van der Waals surface area contributed by atoms with E-state index >= 15 is 0 Å². The van der Waals surface area contributed by atoms with Crippen LogP contribution in [0.2, 0.25) is 0 Å². The molecule has 4 heteroatoms. The first kappa shape index (κ1) is 13.4. The molecule has 1 saturated heterocycles. The van der Waals surface area contributed by atoms with Gasteiger partial charge < -0.3 is 4.90 Å². The normalized spacial score (nSPS) is 26.8. The summed E-state index contributed by atoms with van der Waals surface area (Å²) in [6.07, 6.45) is 13.5. The first-order valence-corrected chi connectivity index (χ1v) is 7.68. The largest absolute Gasteiger partial charge is 0.340 e. The summed E-state index contributed by atoms with van der Waals surface area (Å²) in [6, 6.07) is 0.348. The zero-order valence-corrected chi connectivity index (χ0v) is 12.2. The van der Waals surface area contributed by atoms with Gasteiger partial charge in [0.25, 0.3) is 0 Å². The van der Waals surface area contributed by atoms with E-state index in [9.17, 15) is 4.79 Å². The predicted molar refractivity (Wildman–Crippen MR) is 78.3 cm³/mol. The quantitative estimate of drug-likeness (QED) is 0.777. The molecule has 1 aromatic rings. The van der Waals surface area contributed by atoms with Crippen LogP contribution in [-0.2, 0) is 4.79 Å². The maximum atomic E-state index is 12.6. The molecule has 0 spiro atoms. The zero-order chi connectivity index (χ0) is 13.9. The highest BCUT2D eigenvalue weighted by atomic mass is 16.2. The number of piperidine rings is 1. The van der Waals surface area contributed by atoms with Crippen LogP contribution in [0.15, 0.2) is 24.5 Å². The molecule has 0 bridgehead atoms. The summed E-state index contributed by atoms with van der Waals surface area (Å²) in [5.74, 6) is 0.557. The van der Waals surface area contributed by atoms with Crippen molar-refractivity contribution in [3.63, 3.8) is 0 Å². The smallest absolute Gasteiger partial charge is 0.226 e. The van der Waals surface area contributed by atoms with Gasteiger partial charge in [0.15, 0.2) is 0 Å². The van der Waals surface area contributed by atoms with Gasteiger partial charge in [-0.3, -0.25) is 9.48 Å². The number of carbonyl (C=O) groups excluding carboxylic acids is 1. The Hall–Kier alpha value is -1.58. The summed E-state index contributed by atoms with van der Waals surface area (Å²) in [5, 5.41) is 4.41. The number of amides is 1. The lowest BCUT2D eigenvalue weighted by atomic mass is 9.92. The zero-order valence-electron chi connectivity index (χ0n) is 12.2. The highest BCUT2D eigenvalue weighted by molar-refractivity contribution is 5.79. The van der Waals surface area contributed by atoms with Gasteiger partial charge in [-0.15, -0.1) is 0 Å². The lowest BCUT2D eigenvalue weighted by Crippen LogP contribution is -2.43. The van der Waals surface area contributed by atoms with Crippen LogP contribution in [0.3, 0.4) is 0 Å². The van der Waals surface area contributed by atoms with Crippen molar-refractivity contribution in [3.8, 4) is 0 Å². The number of allylic oxidation sites excluding steroid dienone is 2. The molecule has 1 aliphatic heterocycles. The van der Waals surface area contributed by atoms with Crippen molar-refractivity contribution in [2.75, 3.05) is 13.1 Å². The highest BCUT2D eigenvalue weighted by Crippen LogP contribution is 2.26. The third-order valence-electron chi connectivity index (χ3n) is 4.43. The maximum absolute atomic E-state index is 12.6. The Kier molecular flexibility index (Phi) is 3.90. The van der Waals surface area contributed by atoms with Crippen molar-refractivity contribution < 1.29 is 4.79 Å². The second-order valence-corrected chi connectivity index (χ2v) is 6.06. The third-order valence-corrected chi connectivity index (χ3v) is 4.43. The summed E-state index contributed by atoms with van der Waals surface area (Å²) in [6.45, 7) is 3.79. The van der Waals surface area contributed by atoms with Crippen LogP contribution < -0.4 is 0 Å². The van der Waals surface area contributed by atoms with Crippen LogP contribution in [-0.4, -0.2) is 33.7 Å².